The van der Waals surface area contributed by atoms with E-state index >= 15 is 0 Å². The monoisotopic (exact) mass is 168 g/mol. The van der Waals surface area contributed by atoms with Gasteiger partial charge < -0.3 is 0 Å². The van der Waals surface area contributed by atoms with E-state index in [0.29, 0.717) is 0 Å². The highest BCUT2D eigenvalue weighted by Gasteiger charge is 1.98. The summed E-state index contributed by atoms with van der Waals surface area (Å²) in [5.41, 5.74) is 2.11. The molecule has 2 aromatic heterocycles. The van der Waals surface area contributed by atoms with Gasteiger partial charge in [-0.05, 0) is 24.3 Å². The van der Waals surface area contributed by atoms with Gasteiger partial charge in [0.05, 0.1) is 0 Å². The average Bonchev–Trinajstić information content (AvgIpc) is 2.21. The maximum Gasteiger partial charge on any atom is 0.240 e. The molecule has 0 bridgehead atoms. The first-order valence-corrected chi connectivity index (χ1v) is 4.25. The Labute approximate surface area is 77.9 Å². The van der Waals surface area contributed by atoms with Crippen molar-refractivity contribution in [3.63, 3.8) is 0 Å². The van der Waals surface area contributed by atoms with E-state index in [1.54, 1.807) is 12.4 Å². The van der Waals surface area contributed by atoms with Crippen LogP contribution in [0, 0.1) is 0 Å². The molecule has 0 radical (unpaired) electrons. The van der Waals surface area contributed by atoms with Gasteiger partial charge in [-0.1, -0.05) is 12.1 Å². The summed E-state index contributed by atoms with van der Waals surface area (Å²) in [6.45, 7) is 0. The third kappa shape index (κ3) is 2.15. The zero-order chi connectivity index (χ0) is 8.93. The summed E-state index contributed by atoms with van der Waals surface area (Å²) in [6.07, 6.45) is 3.61. The van der Waals surface area contributed by atoms with Crippen molar-refractivity contribution >= 4 is 18.5 Å². The first-order chi connectivity index (χ1) is 6.45. The summed E-state index contributed by atoms with van der Waals surface area (Å²) < 4.78 is 0. The Hall–Kier alpha value is -1.64. The first kappa shape index (κ1) is 7.99. The number of pyridine rings is 2. The highest BCUT2D eigenvalue weighted by Crippen LogP contribution is 1.78. The first-order valence-electron chi connectivity index (χ1n) is 4.25. The summed E-state index contributed by atoms with van der Waals surface area (Å²) in [5, 5.41) is 0. The Bertz CT molecular complexity index is 324. The quantitative estimate of drug-likeness (QED) is 0.583. The lowest BCUT2D eigenvalue weighted by Crippen LogP contribution is -2.30. The molecular weight excluding hydrogens is 159 g/mol. The van der Waals surface area contributed by atoms with Gasteiger partial charge in [-0.25, -0.2) is 0 Å². The van der Waals surface area contributed by atoms with Crippen molar-refractivity contribution in [2.24, 2.45) is 0 Å². The van der Waals surface area contributed by atoms with E-state index in [0.717, 1.165) is 18.5 Å². The van der Waals surface area contributed by atoms with E-state index in [4.69, 9.17) is 0 Å². The Morgan fingerprint density at radius 1 is 0.769 bits per heavy atom. The predicted molar refractivity (Wildman–Crippen MR) is 54.9 cm³/mol. The largest absolute Gasteiger partial charge is 0.271 e. The summed E-state index contributed by atoms with van der Waals surface area (Å²) in [5.74, 6) is 0. The van der Waals surface area contributed by atoms with Crippen molar-refractivity contribution in [3.8, 4) is 0 Å². The number of nitrogens with zero attached hydrogens (tertiary/aromatic N) is 2. The molecule has 0 fully saturated rings. The van der Waals surface area contributed by atoms with Crippen molar-refractivity contribution in [2.75, 3.05) is 0 Å². The van der Waals surface area contributed by atoms with Crippen molar-refractivity contribution in [1.29, 1.82) is 0 Å². The van der Waals surface area contributed by atoms with Gasteiger partial charge in [0.25, 0.3) is 0 Å². The molecule has 2 rings (SSSR count). The lowest BCUT2D eigenvalue weighted by molar-refractivity contribution is 1.36. The molecule has 62 valence electrons. The Morgan fingerprint density at radius 2 is 1.31 bits per heavy atom. The Kier molecular flexibility index (Phi) is 2.37. The molecule has 0 saturated carbocycles. The maximum atomic E-state index is 4.23. The SMILES string of the molecule is B(c1ccccn1)c1ccccn1. The average molecular weight is 168 g/mol. The number of hydrogen-bond donors (Lipinski definition) is 0. The van der Waals surface area contributed by atoms with Gasteiger partial charge in [-0.3, -0.25) is 9.97 Å². The third-order valence-electron chi connectivity index (χ3n) is 1.81. The smallest absolute Gasteiger partial charge is 0.240 e. The summed E-state index contributed by atoms with van der Waals surface area (Å²) in [4.78, 5) is 8.47. The van der Waals surface area contributed by atoms with Crippen LogP contribution in [0.2, 0.25) is 0 Å². The zero-order valence-corrected chi connectivity index (χ0v) is 7.22. The normalized spacial score (nSPS) is 9.54. The second-order valence-corrected chi connectivity index (χ2v) is 2.82. The fraction of sp³-hybridized carbons (Fsp3) is 0. The molecule has 2 aromatic rings. The van der Waals surface area contributed by atoms with Crippen LogP contribution in [-0.4, -0.2) is 17.2 Å². The van der Waals surface area contributed by atoms with Crippen LogP contribution < -0.4 is 11.2 Å². The van der Waals surface area contributed by atoms with E-state index in [9.17, 15) is 0 Å². The molecule has 0 amide bonds. The van der Waals surface area contributed by atoms with E-state index in [2.05, 4.69) is 9.97 Å². The Morgan fingerprint density at radius 3 is 1.69 bits per heavy atom. The molecule has 0 unspecified atom stereocenters. The van der Waals surface area contributed by atoms with Crippen LogP contribution in [0.1, 0.15) is 0 Å². The lowest BCUT2D eigenvalue weighted by Gasteiger charge is -1.96. The minimum Gasteiger partial charge on any atom is -0.271 e. The highest BCUT2D eigenvalue weighted by atomic mass is 14.7. The van der Waals surface area contributed by atoms with E-state index in [-0.39, 0.29) is 0 Å². The molecule has 3 heteroatoms. The van der Waals surface area contributed by atoms with Gasteiger partial charge in [-0.2, -0.15) is 0 Å². The number of aromatic nitrogens is 2. The van der Waals surface area contributed by atoms with Gasteiger partial charge in [0.2, 0.25) is 7.28 Å². The molecular formula is C10H9BN2. The van der Waals surface area contributed by atoms with Gasteiger partial charge in [-0.15, -0.1) is 0 Å². The molecule has 0 aromatic carbocycles. The molecule has 0 aliphatic heterocycles. The fourth-order valence-electron chi connectivity index (χ4n) is 1.19. The fourth-order valence-corrected chi connectivity index (χ4v) is 1.19. The second kappa shape index (κ2) is 3.85. The number of hydrogen-bond acceptors (Lipinski definition) is 2. The molecule has 2 nitrogen and oxygen atoms in total. The molecule has 0 saturated heterocycles. The van der Waals surface area contributed by atoms with Crippen molar-refractivity contribution in [2.45, 2.75) is 0 Å². The van der Waals surface area contributed by atoms with E-state index < -0.39 is 0 Å². The molecule has 0 N–H and O–H groups in total. The van der Waals surface area contributed by atoms with E-state index in [1.165, 1.54) is 0 Å². The zero-order valence-electron chi connectivity index (χ0n) is 7.22. The third-order valence-corrected chi connectivity index (χ3v) is 1.81. The van der Waals surface area contributed by atoms with Crippen LogP contribution in [0.15, 0.2) is 48.8 Å². The topological polar surface area (TPSA) is 25.8 Å². The summed E-state index contributed by atoms with van der Waals surface area (Å²) in [6, 6.07) is 11.8. The molecule has 0 spiro atoms. The molecule has 0 aliphatic carbocycles. The van der Waals surface area contributed by atoms with Crippen molar-refractivity contribution in [1.82, 2.24) is 9.97 Å². The van der Waals surface area contributed by atoms with Crippen molar-refractivity contribution in [3.05, 3.63) is 48.8 Å². The van der Waals surface area contributed by atoms with Crippen molar-refractivity contribution < 1.29 is 0 Å². The second-order valence-electron chi connectivity index (χ2n) is 2.82. The lowest BCUT2D eigenvalue weighted by atomic mass is 9.70. The van der Waals surface area contributed by atoms with E-state index in [1.807, 2.05) is 36.4 Å². The van der Waals surface area contributed by atoms with Crippen LogP contribution >= 0.6 is 0 Å². The van der Waals surface area contributed by atoms with Gasteiger partial charge in [0.1, 0.15) is 0 Å². The van der Waals surface area contributed by atoms with Gasteiger partial charge in [0, 0.05) is 23.6 Å². The summed E-state index contributed by atoms with van der Waals surface area (Å²) in [7, 11) is 0.807. The molecule has 0 aliphatic rings. The minimum atomic E-state index is 0.807. The van der Waals surface area contributed by atoms with Crippen LogP contribution in [0.3, 0.4) is 0 Å². The molecule has 13 heavy (non-hydrogen) atoms. The van der Waals surface area contributed by atoms with Gasteiger partial charge in [0.15, 0.2) is 0 Å². The minimum absolute atomic E-state index is 0.807. The van der Waals surface area contributed by atoms with Crippen LogP contribution in [0.5, 0.6) is 0 Å². The summed E-state index contributed by atoms with van der Waals surface area (Å²) >= 11 is 0. The number of rotatable bonds is 2. The predicted octanol–water partition coefficient (Wildman–Crippen LogP) is -0.136. The maximum absolute atomic E-state index is 4.23. The molecule has 0 atom stereocenters. The highest BCUT2D eigenvalue weighted by molar-refractivity contribution is 6.65. The van der Waals surface area contributed by atoms with Crippen LogP contribution in [0.4, 0.5) is 0 Å². The molecule has 2 heterocycles. The van der Waals surface area contributed by atoms with Crippen LogP contribution in [0.25, 0.3) is 0 Å². The van der Waals surface area contributed by atoms with Gasteiger partial charge >= 0.3 is 0 Å². The Balaban J connectivity index is 2.16. The van der Waals surface area contributed by atoms with Crippen LogP contribution in [-0.2, 0) is 0 Å². The standard InChI is InChI=1S/C10H9BN2/c1-3-7-12-9(5-1)11-10-6-2-4-8-13-10/h1-8,11H.